The molecule has 1 atom stereocenters. The van der Waals surface area contributed by atoms with E-state index in [4.69, 9.17) is 4.74 Å². The molecule has 3 heterocycles. The molecule has 3 aromatic carbocycles. The first-order chi connectivity index (χ1) is 18.5. The van der Waals surface area contributed by atoms with Crippen LogP contribution in [-0.2, 0) is 9.59 Å². The predicted molar refractivity (Wildman–Crippen MR) is 146 cm³/mol. The molecule has 2 aromatic heterocycles. The standard InChI is InChI=1S/C30H21N3O4S/c1-18-10-11-23-24(16-18)38-30(32-23)33-26(20-6-5-9-22(17-20)37-21-7-3-2-4-8-21)25(28(35)29(33)36)27(34)19-12-14-31-15-13-19/h2-17,26,34H,1H3/b27-25+. The van der Waals surface area contributed by atoms with E-state index >= 15 is 0 Å². The van der Waals surface area contributed by atoms with Gasteiger partial charge in [-0.25, -0.2) is 4.98 Å². The Hall–Kier alpha value is -4.82. The van der Waals surface area contributed by atoms with E-state index in [9.17, 15) is 14.7 Å². The van der Waals surface area contributed by atoms with E-state index in [0.717, 1.165) is 15.8 Å². The number of hydrogen-bond donors (Lipinski definition) is 1. The minimum Gasteiger partial charge on any atom is -0.507 e. The number of aromatic nitrogens is 2. The lowest BCUT2D eigenvalue weighted by molar-refractivity contribution is -0.132. The Morgan fingerprint density at radius 1 is 0.921 bits per heavy atom. The first kappa shape index (κ1) is 23.6. The van der Waals surface area contributed by atoms with Gasteiger partial charge in [-0.1, -0.05) is 47.7 Å². The zero-order chi connectivity index (χ0) is 26.2. The summed E-state index contributed by atoms with van der Waals surface area (Å²) in [5.41, 5.74) is 2.76. The van der Waals surface area contributed by atoms with Crippen LogP contribution in [0.15, 0.2) is 103 Å². The number of benzene rings is 3. The molecule has 1 aliphatic heterocycles. The number of anilines is 1. The lowest BCUT2D eigenvalue weighted by atomic mass is 9.95. The van der Waals surface area contributed by atoms with Crippen molar-refractivity contribution < 1.29 is 19.4 Å². The first-order valence-electron chi connectivity index (χ1n) is 11.9. The summed E-state index contributed by atoms with van der Waals surface area (Å²) in [6.07, 6.45) is 3.04. The van der Waals surface area contributed by atoms with Gasteiger partial charge in [0.15, 0.2) is 5.13 Å². The summed E-state index contributed by atoms with van der Waals surface area (Å²) in [7, 11) is 0. The van der Waals surface area contributed by atoms with Crippen LogP contribution in [0.25, 0.3) is 16.0 Å². The highest BCUT2D eigenvalue weighted by atomic mass is 32.1. The lowest BCUT2D eigenvalue weighted by Gasteiger charge is -2.23. The topological polar surface area (TPSA) is 92.6 Å². The van der Waals surface area contributed by atoms with Crippen LogP contribution in [0.4, 0.5) is 5.13 Å². The Morgan fingerprint density at radius 2 is 1.68 bits per heavy atom. The number of carbonyl (C=O) groups is 2. The highest BCUT2D eigenvalue weighted by Gasteiger charge is 2.48. The number of pyridine rings is 1. The molecule has 5 aromatic rings. The van der Waals surface area contributed by atoms with Gasteiger partial charge in [0.1, 0.15) is 17.3 Å². The Morgan fingerprint density at radius 3 is 2.47 bits per heavy atom. The van der Waals surface area contributed by atoms with Gasteiger partial charge >= 0.3 is 5.91 Å². The number of para-hydroxylation sites is 1. The smallest absolute Gasteiger partial charge is 0.301 e. The maximum Gasteiger partial charge on any atom is 0.301 e. The van der Waals surface area contributed by atoms with Crippen molar-refractivity contribution in [2.45, 2.75) is 13.0 Å². The molecular formula is C30H21N3O4S. The number of aliphatic hydroxyl groups is 1. The molecule has 0 radical (unpaired) electrons. The van der Waals surface area contributed by atoms with Crippen LogP contribution < -0.4 is 9.64 Å². The number of ketones is 1. The third-order valence-corrected chi connectivity index (χ3v) is 7.31. The van der Waals surface area contributed by atoms with Crippen LogP contribution in [0, 0.1) is 6.92 Å². The highest BCUT2D eigenvalue weighted by molar-refractivity contribution is 7.22. The summed E-state index contributed by atoms with van der Waals surface area (Å²) in [5, 5.41) is 11.7. The number of thiazole rings is 1. The van der Waals surface area contributed by atoms with Gasteiger partial charge in [0.2, 0.25) is 0 Å². The molecule has 6 rings (SSSR count). The Labute approximate surface area is 222 Å². The second kappa shape index (κ2) is 9.57. The van der Waals surface area contributed by atoms with E-state index in [-0.39, 0.29) is 11.3 Å². The molecule has 0 aliphatic carbocycles. The van der Waals surface area contributed by atoms with E-state index in [2.05, 4.69) is 9.97 Å². The molecule has 186 valence electrons. The van der Waals surface area contributed by atoms with Crippen LogP contribution >= 0.6 is 11.3 Å². The summed E-state index contributed by atoms with van der Waals surface area (Å²) < 4.78 is 6.93. The van der Waals surface area contributed by atoms with Crippen molar-refractivity contribution in [3.05, 3.63) is 120 Å². The van der Waals surface area contributed by atoms with Crippen molar-refractivity contribution in [1.29, 1.82) is 0 Å². The number of hydrogen-bond acceptors (Lipinski definition) is 7. The molecule has 0 spiro atoms. The van der Waals surface area contributed by atoms with E-state index in [0.29, 0.717) is 27.8 Å². The Bertz CT molecular complexity index is 1710. The summed E-state index contributed by atoms with van der Waals surface area (Å²) in [6.45, 7) is 1.98. The average molecular weight is 520 g/mol. The van der Waals surface area contributed by atoms with Gasteiger partial charge in [-0.15, -0.1) is 0 Å². The Balaban J connectivity index is 1.52. The van der Waals surface area contributed by atoms with Crippen molar-refractivity contribution in [3.63, 3.8) is 0 Å². The van der Waals surface area contributed by atoms with Crippen LogP contribution in [0.5, 0.6) is 11.5 Å². The first-order valence-corrected chi connectivity index (χ1v) is 12.7. The lowest BCUT2D eigenvalue weighted by Crippen LogP contribution is -2.29. The second-order valence-corrected chi connectivity index (χ2v) is 9.87. The van der Waals surface area contributed by atoms with Crippen molar-refractivity contribution in [3.8, 4) is 11.5 Å². The Kier molecular flexibility index (Phi) is 5.94. The number of rotatable bonds is 5. The fourth-order valence-corrected chi connectivity index (χ4v) is 5.60. The minimum atomic E-state index is -0.913. The van der Waals surface area contributed by atoms with Crippen molar-refractivity contribution in [2.75, 3.05) is 4.90 Å². The maximum absolute atomic E-state index is 13.5. The van der Waals surface area contributed by atoms with Crippen LogP contribution in [0.1, 0.15) is 22.7 Å². The van der Waals surface area contributed by atoms with Crippen molar-refractivity contribution in [1.82, 2.24) is 9.97 Å². The summed E-state index contributed by atoms with van der Waals surface area (Å²) >= 11 is 1.33. The number of Topliss-reactive ketones (excluding diaryl/α,β-unsaturated/α-hetero) is 1. The average Bonchev–Trinajstić information content (AvgIpc) is 3.47. The van der Waals surface area contributed by atoms with Gasteiger partial charge in [0.05, 0.1) is 21.8 Å². The number of nitrogens with zero attached hydrogens (tertiary/aromatic N) is 3. The molecule has 38 heavy (non-hydrogen) atoms. The zero-order valence-corrected chi connectivity index (χ0v) is 21.1. The molecule has 1 amide bonds. The fraction of sp³-hybridized carbons (Fsp3) is 0.0667. The quantitative estimate of drug-likeness (QED) is 0.164. The van der Waals surface area contributed by atoms with Gasteiger partial charge in [-0.3, -0.25) is 19.5 Å². The number of aliphatic hydroxyl groups excluding tert-OH is 1. The number of carbonyl (C=O) groups excluding carboxylic acids is 2. The largest absolute Gasteiger partial charge is 0.507 e. The normalized spacial score (nSPS) is 16.8. The molecule has 1 fully saturated rings. The SMILES string of the molecule is Cc1ccc2nc(N3C(=O)C(=O)/C(=C(/O)c4ccncc4)C3c3cccc(Oc4ccccc4)c3)sc2c1. The summed E-state index contributed by atoms with van der Waals surface area (Å²) in [5.74, 6) is -0.630. The molecule has 1 N–H and O–H groups in total. The molecule has 8 heteroatoms. The molecule has 1 aliphatic rings. The fourth-order valence-electron chi connectivity index (χ4n) is 4.51. The number of fused-ring (bicyclic) bond motifs is 1. The van der Waals surface area contributed by atoms with Gasteiger partial charge < -0.3 is 9.84 Å². The van der Waals surface area contributed by atoms with E-state index in [1.54, 1.807) is 36.4 Å². The van der Waals surface area contributed by atoms with Crippen LogP contribution in [0.2, 0.25) is 0 Å². The molecule has 0 bridgehead atoms. The number of ether oxygens (including phenoxy) is 1. The van der Waals surface area contributed by atoms with Crippen LogP contribution in [-0.4, -0.2) is 26.8 Å². The monoisotopic (exact) mass is 519 g/mol. The summed E-state index contributed by atoms with van der Waals surface area (Å²) in [6, 6.07) is 24.6. The van der Waals surface area contributed by atoms with E-state index in [1.807, 2.05) is 55.5 Å². The second-order valence-electron chi connectivity index (χ2n) is 8.86. The molecule has 1 unspecified atom stereocenters. The van der Waals surface area contributed by atoms with Gasteiger partial charge in [-0.2, -0.15) is 0 Å². The number of aryl methyl sites for hydroxylation is 1. The molecular weight excluding hydrogens is 498 g/mol. The molecule has 7 nitrogen and oxygen atoms in total. The van der Waals surface area contributed by atoms with Crippen LogP contribution in [0.3, 0.4) is 0 Å². The van der Waals surface area contributed by atoms with Gasteiger partial charge in [-0.05, 0) is 66.6 Å². The van der Waals surface area contributed by atoms with Crippen molar-refractivity contribution in [2.24, 2.45) is 0 Å². The van der Waals surface area contributed by atoms with Crippen molar-refractivity contribution >= 4 is 44.1 Å². The third kappa shape index (κ3) is 4.21. The predicted octanol–water partition coefficient (Wildman–Crippen LogP) is 6.42. The van der Waals surface area contributed by atoms with Gasteiger partial charge in [0.25, 0.3) is 5.78 Å². The molecule has 1 saturated heterocycles. The summed E-state index contributed by atoms with van der Waals surface area (Å²) in [4.78, 5) is 37.0. The number of amides is 1. The maximum atomic E-state index is 13.5. The van der Waals surface area contributed by atoms with Gasteiger partial charge in [0, 0.05) is 18.0 Å². The minimum absolute atomic E-state index is 0.0199. The zero-order valence-electron chi connectivity index (χ0n) is 20.2. The highest BCUT2D eigenvalue weighted by Crippen LogP contribution is 2.45. The third-order valence-electron chi connectivity index (χ3n) is 6.29. The van der Waals surface area contributed by atoms with E-state index < -0.39 is 17.7 Å². The van der Waals surface area contributed by atoms with E-state index in [1.165, 1.54) is 28.6 Å². The molecule has 0 saturated carbocycles.